The van der Waals surface area contributed by atoms with Gasteiger partial charge in [-0.2, -0.15) is 15.1 Å². The zero-order valence-electron chi connectivity index (χ0n) is 14.4. The van der Waals surface area contributed by atoms with E-state index in [-0.39, 0.29) is 11.4 Å². The summed E-state index contributed by atoms with van der Waals surface area (Å²) in [5.74, 6) is -0.353. The Labute approximate surface area is 155 Å². The minimum Gasteiger partial charge on any atom is -0.282 e. The maximum Gasteiger partial charge on any atom is 0.283 e. The summed E-state index contributed by atoms with van der Waals surface area (Å²) in [4.78, 5) is 16.6. The Balaban J connectivity index is 1.72. The fourth-order valence-electron chi connectivity index (χ4n) is 2.84. The SMILES string of the molecule is Cc1cccc(C=C2C(=N)N3N=C(c4ccccc4C)SC3=NC2=O)c1. The lowest BCUT2D eigenvalue weighted by molar-refractivity contribution is -0.114. The molecule has 128 valence electrons. The van der Waals surface area contributed by atoms with Crippen LogP contribution in [0.15, 0.2) is 64.2 Å². The normalized spacial score (nSPS) is 18.1. The van der Waals surface area contributed by atoms with E-state index in [1.54, 1.807) is 6.08 Å². The molecule has 2 aromatic rings. The zero-order valence-corrected chi connectivity index (χ0v) is 15.2. The van der Waals surface area contributed by atoms with E-state index >= 15 is 0 Å². The predicted octanol–water partition coefficient (Wildman–Crippen LogP) is 3.97. The third-order valence-electron chi connectivity index (χ3n) is 4.18. The Morgan fingerprint density at radius 3 is 2.69 bits per heavy atom. The first-order chi connectivity index (χ1) is 12.5. The average molecular weight is 360 g/mol. The van der Waals surface area contributed by atoms with Gasteiger partial charge in [-0.15, -0.1) is 0 Å². The molecule has 1 N–H and O–H groups in total. The van der Waals surface area contributed by atoms with Crippen LogP contribution in [0.25, 0.3) is 6.08 Å². The van der Waals surface area contributed by atoms with E-state index < -0.39 is 5.91 Å². The largest absolute Gasteiger partial charge is 0.283 e. The molecular weight excluding hydrogens is 344 g/mol. The van der Waals surface area contributed by atoms with E-state index in [9.17, 15) is 4.79 Å². The molecular formula is C20H16N4OS. The summed E-state index contributed by atoms with van der Waals surface area (Å²) in [6.07, 6.45) is 1.70. The van der Waals surface area contributed by atoms with Gasteiger partial charge in [0.1, 0.15) is 5.04 Å². The van der Waals surface area contributed by atoms with Crippen molar-refractivity contribution in [3.63, 3.8) is 0 Å². The molecule has 5 nitrogen and oxygen atoms in total. The lowest BCUT2D eigenvalue weighted by Gasteiger charge is -2.20. The van der Waals surface area contributed by atoms with Crippen molar-refractivity contribution in [2.75, 3.05) is 0 Å². The molecule has 0 unspecified atom stereocenters. The Morgan fingerprint density at radius 1 is 1.12 bits per heavy atom. The molecule has 0 fully saturated rings. The number of thioether (sulfide) groups is 1. The minimum atomic E-state index is -0.406. The molecule has 0 atom stereocenters. The quantitative estimate of drug-likeness (QED) is 0.824. The predicted molar refractivity (Wildman–Crippen MR) is 106 cm³/mol. The first kappa shape index (κ1) is 16.5. The molecule has 0 bridgehead atoms. The van der Waals surface area contributed by atoms with Gasteiger partial charge in [-0.05, 0) is 42.8 Å². The summed E-state index contributed by atoms with van der Waals surface area (Å²) in [5, 5.41) is 15.6. The molecule has 0 aromatic heterocycles. The second-order valence-corrected chi connectivity index (χ2v) is 7.11. The molecule has 0 spiro atoms. The summed E-state index contributed by atoms with van der Waals surface area (Å²) >= 11 is 1.32. The second kappa shape index (κ2) is 6.38. The highest BCUT2D eigenvalue weighted by Crippen LogP contribution is 2.31. The van der Waals surface area contributed by atoms with Crippen molar-refractivity contribution in [1.82, 2.24) is 5.01 Å². The third kappa shape index (κ3) is 2.88. The number of hydrogen-bond donors (Lipinski definition) is 1. The number of hydrogen-bond acceptors (Lipinski definition) is 4. The molecule has 0 radical (unpaired) electrons. The smallest absolute Gasteiger partial charge is 0.282 e. The highest BCUT2D eigenvalue weighted by atomic mass is 32.2. The lowest BCUT2D eigenvalue weighted by Crippen LogP contribution is -2.35. The second-order valence-electron chi connectivity index (χ2n) is 6.15. The number of aryl methyl sites for hydroxylation is 2. The van der Waals surface area contributed by atoms with E-state index in [4.69, 9.17) is 5.41 Å². The molecule has 0 aliphatic carbocycles. The maximum absolute atomic E-state index is 12.5. The lowest BCUT2D eigenvalue weighted by atomic mass is 10.1. The molecule has 2 aromatic carbocycles. The number of nitrogens with one attached hydrogen (secondary N) is 1. The molecule has 2 heterocycles. The van der Waals surface area contributed by atoms with E-state index in [1.807, 2.05) is 62.4 Å². The van der Waals surface area contributed by atoms with Crippen LogP contribution in [0.5, 0.6) is 0 Å². The van der Waals surface area contributed by atoms with Gasteiger partial charge >= 0.3 is 0 Å². The fourth-order valence-corrected chi connectivity index (χ4v) is 3.82. The Bertz CT molecular complexity index is 1040. The fraction of sp³-hybridized carbons (Fsp3) is 0.100. The van der Waals surface area contributed by atoms with Crippen LogP contribution >= 0.6 is 11.8 Å². The summed E-state index contributed by atoms with van der Waals surface area (Å²) < 4.78 is 0. The van der Waals surface area contributed by atoms with E-state index in [0.717, 1.165) is 27.3 Å². The van der Waals surface area contributed by atoms with Crippen molar-refractivity contribution < 1.29 is 4.79 Å². The highest BCUT2D eigenvalue weighted by Gasteiger charge is 2.36. The number of amides is 1. The van der Waals surface area contributed by atoms with Gasteiger partial charge in [0.25, 0.3) is 5.91 Å². The first-order valence-electron chi connectivity index (χ1n) is 8.16. The topological polar surface area (TPSA) is 68.9 Å². The molecule has 0 saturated heterocycles. The number of hydrazone groups is 1. The van der Waals surface area contributed by atoms with Crippen molar-refractivity contribution in [2.45, 2.75) is 13.8 Å². The number of rotatable bonds is 2. The van der Waals surface area contributed by atoms with Gasteiger partial charge in [-0.25, -0.2) is 0 Å². The number of amidine groups is 2. The zero-order chi connectivity index (χ0) is 18.3. The maximum atomic E-state index is 12.5. The van der Waals surface area contributed by atoms with Crippen LogP contribution in [-0.2, 0) is 4.79 Å². The van der Waals surface area contributed by atoms with Gasteiger partial charge in [0.15, 0.2) is 5.84 Å². The third-order valence-corrected chi connectivity index (χ3v) is 5.12. The standard InChI is InChI=1S/C20H16N4OS/c1-12-6-5-8-14(10-12)11-16-17(21)24-20(22-18(16)25)26-19(23-24)15-9-4-3-7-13(15)2/h3-11,21H,1-2H3. The number of aliphatic imine (C=N–C) groups is 1. The van der Waals surface area contributed by atoms with Crippen molar-refractivity contribution in [3.05, 3.63) is 76.4 Å². The summed E-state index contributed by atoms with van der Waals surface area (Å²) in [5.41, 5.74) is 4.28. The van der Waals surface area contributed by atoms with Crippen LogP contribution in [0.4, 0.5) is 0 Å². The Morgan fingerprint density at radius 2 is 1.92 bits per heavy atom. The molecule has 26 heavy (non-hydrogen) atoms. The van der Waals surface area contributed by atoms with Gasteiger partial charge in [0.05, 0.1) is 5.57 Å². The van der Waals surface area contributed by atoms with Crippen LogP contribution in [-0.4, -0.2) is 27.0 Å². The van der Waals surface area contributed by atoms with Gasteiger partial charge in [0, 0.05) is 5.56 Å². The number of nitrogens with zero attached hydrogens (tertiary/aromatic N) is 3. The van der Waals surface area contributed by atoms with E-state index in [0.29, 0.717) is 5.17 Å². The van der Waals surface area contributed by atoms with Crippen LogP contribution in [0.2, 0.25) is 0 Å². The number of benzene rings is 2. The van der Waals surface area contributed by atoms with Crippen LogP contribution < -0.4 is 0 Å². The van der Waals surface area contributed by atoms with E-state index in [1.165, 1.54) is 16.8 Å². The van der Waals surface area contributed by atoms with Crippen LogP contribution in [0.3, 0.4) is 0 Å². The average Bonchev–Trinajstić information content (AvgIpc) is 3.03. The number of carbonyl (C=O) groups excluding carboxylic acids is 1. The number of fused-ring (bicyclic) bond motifs is 1. The highest BCUT2D eigenvalue weighted by molar-refractivity contribution is 8.27. The van der Waals surface area contributed by atoms with Gasteiger partial charge in [-0.3, -0.25) is 10.2 Å². The van der Waals surface area contributed by atoms with Crippen LogP contribution in [0.1, 0.15) is 22.3 Å². The molecule has 6 heteroatoms. The van der Waals surface area contributed by atoms with E-state index in [2.05, 4.69) is 10.1 Å². The molecule has 0 saturated carbocycles. The van der Waals surface area contributed by atoms with Crippen molar-refractivity contribution in [1.29, 1.82) is 5.41 Å². The summed E-state index contributed by atoms with van der Waals surface area (Å²) in [6.45, 7) is 4.00. The summed E-state index contributed by atoms with van der Waals surface area (Å²) in [7, 11) is 0. The molecule has 2 aliphatic rings. The molecule has 1 amide bonds. The van der Waals surface area contributed by atoms with Crippen molar-refractivity contribution in [2.24, 2.45) is 10.1 Å². The van der Waals surface area contributed by atoms with Crippen molar-refractivity contribution >= 4 is 39.8 Å². The molecule has 2 aliphatic heterocycles. The van der Waals surface area contributed by atoms with Gasteiger partial charge < -0.3 is 0 Å². The Hall–Kier alpha value is -2.99. The monoisotopic (exact) mass is 360 g/mol. The Kier molecular flexibility index (Phi) is 4.05. The first-order valence-corrected chi connectivity index (χ1v) is 8.97. The van der Waals surface area contributed by atoms with Gasteiger partial charge in [-0.1, -0.05) is 54.1 Å². The van der Waals surface area contributed by atoms with Crippen LogP contribution in [0, 0.1) is 19.3 Å². The summed E-state index contributed by atoms with van der Waals surface area (Å²) in [6, 6.07) is 15.7. The van der Waals surface area contributed by atoms with Crippen molar-refractivity contribution in [3.8, 4) is 0 Å². The van der Waals surface area contributed by atoms with Gasteiger partial charge in [0.2, 0.25) is 5.17 Å². The minimum absolute atomic E-state index is 0.0533. The number of carbonyl (C=O) groups is 1. The molecule has 4 rings (SSSR count).